The minimum Gasteiger partial charge on any atom is -0.381 e. The van der Waals surface area contributed by atoms with Gasteiger partial charge in [0.1, 0.15) is 0 Å². The molecule has 0 radical (unpaired) electrons. The van der Waals surface area contributed by atoms with Crippen molar-refractivity contribution in [1.29, 1.82) is 0 Å². The maximum absolute atomic E-state index is 12.9. The van der Waals surface area contributed by atoms with Crippen LogP contribution >= 0.6 is 0 Å². The summed E-state index contributed by atoms with van der Waals surface area (Å²) in [4.78, 5) is 0. The molecular formula is C16H31NO2S. The molecule has 0 amide bonds. The molecule has 0 bridgehead atoms. The highest BCUT2D eigenvalue weighted by Gasteiger charge is 2.40. The monoisotopic (exact) mass is 301 g/mol. The molecule has 4 heteroatoms. The lowest BCUT2D eigenvalue weighted by molar-refractivity contribution is 0.0984. The summed E-state index contributed by atoms with van der Waals surface area (Å²) < 4.78 is 18.3. The van der Waals surface area contributed by atoms with Crippen LogP contribution < -0.4 is 5.73 Å². The highest BCUT2D eigenvalue weighted by Crippen LogP contribution is 2.42. The van der Waals surface area contributed by atoms with Crippen LogP contribution in [0.2, 0.25) is 0 Å². The van der Waals surface area contributed by atoms with Crippen molar-refractivity contribution < 1.29 is 8.95 Å². The molecule has 1 aliphatic heterocycles. The van der Waals surface area contributed by atoms with E-state index in [0.29, 0.717) is 16.6 Å². The van der Waals surface area contributed by atoms with Gasteiger partial charge in [0, 0.05) is 35.3 Å². The van der Waals surface area contributed by atoms with Gasteiger partial charge in [-0.2, -0.15) is 0 Å². The smallest absolute Gasteiger partial charge is 0.0504 e. The van der Waals surface area contributed by atoms with Crippen LogP contribution in [-0.2, 0) is 15.5 Å². The van der Waals surface area contributed by atoms with Crippen molar-refractivity contribution in [2.24, 2.45) is 17.1 Å². The van der Waals surface area contributed by atoms with Gasteiger partial charge in [-0.3, -0.25) is 4.21 Å². The topological polar surface area (TPSA) is 52.3 Å². The molecule has 118 valence electrons. The van der Waals surface area contributed by atoms with E-state index in [1.54, 1.807) is 0 Å². The quantitative estimate of drug-likeness (QED) is 0.868. The second-order valence-electron chi connectivity index (χ2n) is 7.19. The van der Waals surface area contributed by atoms with Crippen molar-refractivity contribution in [1.82, 2.24) is 0 Å². The van der Waals surface area contributed by atoms with Gasteiger partial charge in [0.25, 0.3) is 0 Å². The van der Waals surface area contributed by atoms with E-state index in [0.717, 1.165) is 38.9 Å². The number of ether oxygens (including phenoxy) is 1. The largest absolute Gasteiger partial charge is 0.381 e. The van der Waals surface area contributed by atoms with E-state index in [4.69, 9.17) is 10.5 Å². The maximum atomic E-state index is 12.9. The Morgan fingerprint density at radius 2 is 1.85 bits per heavy atom. The molecule has 2 N–H and O–H groups in total. The lowest BCUT2D eigenvalue weighted by Crippen LogP contribution is -2.48. The third kappa shape index (κ3) is 3.63. The van der Waals surface area contributed by atoms with Crippen LogP contribution in [0.1, 0.15) is 59.3 Å². The molecule has 3 nitrogen and oxygen atoms in total. The normalized spacial score (nSPS) is 34.9. The second kappa shape index (κ2) is 6.89. The summed E-state index contributed by atoms with van der Waals surface area (Å²) in [7, 11) is -0.785. The fraction of sp³-hybridized carbons (Fsp3) is 1.00. The molecule has 1 saturated heterocycles. The summed E-state index contributed by atoms with van der Waals surface area (Å²) in [5.41, 5.74) is 6.65. The molecule has 1 heterocycles. The van der Waals surface area contributed by atoms with Gasteiger partial charge in [0.2, 0.25) is 0 Å². The van der Waals surface area contributed by atoms with Gasteiger partial charge in [-0.25, -0.2) is 0 Å². The van der Waals surface area contributed by atoms with Gasteiger partial charge < -0.3 is 10.5 Å². The Kier molecular flexibility index (Phi) is 5.66. The van der Waals surface area contributed by atoms with Gasteiger partial charge >= 0.3 is 0 Å². The van der Waals surface area contributed by atoms with Crippen LogP contribution in [0, 0.1) is 11.3 Å². The van der Waals surface area contributed by atoms with E-state index in [-0.39, 0.29) is 11.3 Å². The van der Waals surface area contributed by atoms with Crippen molar-refractivity contribution in [3.63, 3.8) is 0 Å². The van der Waals surface area contributed by atoms with E-state index in [1.807, 2.05) is 0 Å². The van der Waals surface area contributed by atoms with E-state index in [1.165, 1.54) is 12.8 Å². The van der Waals surface area contributed by atoms with E-state index < -0.39 is 10.8 Å². The van der Waals surface area contributed by atoms with E-state index >= 15 is 0 Å². The molecule has 0 aromatic rings. The number of rotatable bonds is 4. The first-order valence-corrected chi connectivity index (χ1v) is 9.46. The molecule has 0 aromatic carbocycles. The average Bonchev–Trinajstić information content (AvgIpc) is 2.47. The van der Waals surface area contributed by atoms with Crippen LogP contribution in [0.15, 0.2) is 0 Å². The van der Waals surface area contributed by atoms with Gasteiger partial charge in [0.05, 0.1) is 5.25 Å². The van der Waals surface area contributed by atoms with Gasteiger partial charge in [-0.05, 0) is 43.4 Å². The Labute approximate surface area is 126 Å². The zero-order chi connectivity index (χ0) is 14.8. The summed E-state index contributed by atoms with van der Waals surface area (Å²) in [6, 6.07) is 0.127. The summed E-state index contributed by atoms with van der Waals surface area (Å²) in [6.45, 7) is 8.50. The molecule has 2 rings (SSSR count). The summed E-state index contributed by atoms with van der Waals surface area (Å²) in [5.74, 6) is 0.668. The SMILES string of the molecule is CCC(C)(C)C1CCC(N)C(S(=O)C2CCOCC2)C1. The van der Waals surface area contributed by atoms with Gasteiger partial charge in [-0.15, -0.1) is 0 Å². The molecule has 2 fully saturated rings. The summed E-state index contributed by atoms with van der Waals surface area (Å²) in [6.07, 6.45) is 6.35. The molecule has 20 heavy (non-hydrogen) atoms. The molecule has 2 aliphatic rings. The Morgan fingerprint density at radius 3 is 2.45 bits per heavy atom. The van der Waals surface area contributed by atoms with Crippen LogP contribution in [0.25, 0.3) is 0 Å². The minimum atomic E-state index is -0.785. The molecular weight excluding hydrogens is 270 g/mol. The van der Waals surface area contributed by atoms with E-state index in [2.05, 4.69) is 20.8 Å². The first-order valence-electron chi connectivity index (χ1n) is 8.18. The Hall–Kier alpha value is 0.0700. The highest BCUT2D eigenvalue weighted by atomic mass is 32.2. The zero-order valence-corrected chi connectivity index (χ0v) is 14.1. The standard InChI is InChI=1S/C16H31NO2S/c1-4-16(2,3)12-5-6-14(17)15(11-12)20(18)13-7-9-19-10-8-13/h12-15H,4-11,17H2,1-3H3. The second-order valence-corrected chi connectivity index (χ2v) is 9.12. The summed E-state index contributed by atoms with van der Waals surface area (Å²) >= 11 is 0. The Morgan fingerprint density at radius 1 is 1.20 bits per heavy atom. The predicted molar refractivity (Wildman–Crippen MR) is 85.2 cm³/mol. The lowest BCUT2D eigenvalue weighted by Gasteiger charge is -2.42. The predicted octanol–water partition coefficient (Wildman–Crippen LogP) is 2.85. The van der Waals surface area contributed by atoms with Crippen molar-refractivity contribution in [3.8, 4) is 0 Å². The van der Waals surface area contributed by atoms with Crippen molar-refractivity contribution in [3.05, 3.63) is 0 Å². The third-order valence-corrected chi connectivity index (χ3v) is 7.92. The maximum Gasteiger partial charge on any atom is 0.0504 e. The fourth-order valence-corrected chi connectivity index (χ4v) is 5.63. The third-order valence-electron chi connectivity index (χ3n) is 5.65. The van der Waals surface area contributed by atoms with E-state index in [9.17, 15) is 4.21 Å². The van der Waals surface area contributed by atoms with Gasteiger partial charge in [-0.1, -0.05) is 27.2 Å². The number of hydrogen-bond donors (Lipinski definition) is 1. The van der Waals surface area contributed by atoms with Crippen LogP contribution in [-0.4, -0.2) is 34.0 Å². The van der Waals surface area contributed by atoms with Crippen LogP contribution in [0.4, 0.5) is 0 Å². The lowest BCUT2D eigenvalue weighted by atomic mass is 9.69. The number of nitrogens with two attached hydrogens (primary N) is 1. The molecule has 0 aromatic heterocycles. The van der Waals surface area contributed by atoms with Crippen molar-refractivity contribution in [2.45, 2.75) is 75.8 Å². The average molecular weight is 301 g/mol. The zero-order valence-electron chi connectivity index (χ0n) is 13.3. The van der Waals surface area contributed by atoms with Crippen LogP contribution in [0.5, 0.6) is 0 Å². The fourth-order valence-electron chi connectivity index (χ4n) is 3.57. The Bertz CT molecular complexity index is 339. The first kappa shape index (κ1) is 16.4. The van der Waals surface area contributed by atoms with Crippen LogP contribution in [0.3, 0.4) is 0 Å². The summed E-state index contributed by atoms with van der Waals surface area (Å²) in [5, 5.41) is 0.506. The number of hydrogen-bond acceptors (Lipinski definition) is 3. The van der Waals surface area contributed by atoms with Gasteiger partial charge in [0.15, 0.2) is 0 Å². The minimum absolute atomic E-state index is 0.127. The molecule has 0 spiro atoms. The molecule has 4 unspecified atom stereocenters. The van der Waals surface area contributed by atoms with Crippen molar-refractivity contribution in [2.75, 3.05) is 13.2 Å². The first-order chi connectivity index (χ1) is 9.45. The molecule has 1 aliphatic carbocycles. The highest BCUT2D eigenvalue weighted by molar-refractivity contribution is 7.86. The Balaban J connectivity index is 2.02. The van der Waals surface area contributed by atoms with Crippen molar-refractivity contribution >= 4 is 10.8 Å². The molecule has 1 saturated carbocycles. The molecule has 4 atom stereocenters.